The number of rotatable bonds is 6. The van der Waals surface area contributed by atoms with Gasteiger partial charge in [0.05, 0.1) is 0 Å². The molecule has 42 heavy (non-hydrogen) atoms. The summed E-state index contributed by atoms with van der Waals surface area (Å²) in [5.74, 6) is 0. The number of anilines is 3. The topological polar surface area (TPSA) is 3.24 Å². The highest BCUT2D eigenvalue weighted by atomic mass is 79.9. The van der Waals surface area contributed by atoms with Gasteiger partial charge in [-0.05, 0) is 86.6 Å². The highest BCUT2D eigenvalue weighted by Crippen LogP contribution is 2.40. The van der Waals surface area contributed by atoms with E-state index in [0.29, 0.717) is 0 Å². The van der Waals surface area contributed by atoms with E-state index < -0.39 is 0 Å². The Kier molecular flexibility index (Phi) is 7.13. The van der Waals surface area contributed by atoms with Gasteiger partial charge in [-0.25, -0.2) is 0 Å². The molecular weight excluding hydrogens is 574 g/mol. The van der Waals surface area contributed by atoms with E-state index in [9.17, 15) is 0 Å². The molecule has 0 spiro atoms. The number of hydrogen-bond donors (Lipinski definition) is 0. The molecule has 7 rings (SSSR count). The summed E-state index contributed by atoms with van der Waals surface area (Å²) >= 11 is 3.80. The summed E-state index contributed by atoms with van der Waals surface area (Å²) in [6.07, 6.45) is 0. The third-order valence-corrected chi connectivity index (χ3v) is 8.44. The maximum atomic E-state index is 3.80. The Morgan fingerprint density at radius 2 is 0.857 bits per heavy atom. The fourth-order valence-corrected chi connectivity index (χ4v) is 6.11. The monoisotopic (exact) mass is 601 g/mol. The largest absolute Gasteiger partial charge is 0.310 e. The molecular formula is C40H28BrN. The normalized spacial score (nSPS) is 11.0. The van der Waals surface area contributed by atoms with E-state index in [0.717, 1.165) is 27.1 Å². The van der Waals surface area contributed by atoms with Crippen LogP contribution in [0.15, 0.2) is 174 Å². The molecule has 0 saturated carbocycles. The summed E-state index contributed by atoms with van der Waals surface area (Å²) in [6.45, 7) is 0. The Hall–Kier alpha value is -4.92. The molecule has 0 amide bonds. The molecule has 7 aromatic rings. The lowest BCUT2D eigenvalue weighted by atomic mass is 9.98. The third kappa shape index (κ3) is 5.13. The Labute approximate surface area is 255 Å². The molecule has 200 valence electrons. The lowest BCUT2D eigenvalue weighted by Gasteiger charge is -2.27. The Balaban J connectivity index is 1.33. The zero-order chi connectivity index (χ0) is 28.3. The van der Waals surface area contributed by atoms with Crippen LogP contribution < -0.4 is 4.90 Å². The SMILES string of the molecule is Brc1ccc(N(c2ccc(-c3ccccc3)cc2)c2ccc(-c3cccc4ccccc34)cc2)cc1-c1ccccc1. The fourth-order valence-electron chi connectivity index (χ4n) is 5.64. The van der Waals surface area contributed by atoms with Gasteiger partial charge in [0.15, 0.2) is 0 Å². The Morgan fingerprint density at radius 3 is 1.55 bits per heavy atom. The van der Waals surface area contributed by atoms with E-state index in [1.165, 1.54) is 38.6 Å². The van der Waals surface area contributed by atoms with Gasteiger partial charge in [0, 0.05) is 21.5 Å². The van der Waals surface area contributed by atoms with Crippen molar-refractivity contribution in [2.24, 2.45) is 0 Å². The quantitative estimate of drug-likeness (QED) is 0.183. The molecule has 2 heteroatoms. The van der Waals surface area contributed by atoms with Crippen molar-refractivity contribution in [1.82, 2.24) is 0 Å². The van der Waals surface area contributed by atoms with Gasteiger partial charge in [-0.1, -0.05) is 143 Å². The first-order valence-electron chi connectivity index (χ1n) is 14.1. The highest BCUT2D eigenvalue weighted by molar-refractivity contribution is 9.10. The minimum Gasteiger partial charge on any atom is -0.310 e. The van der Waals surface area contributed by atoms with Crippen LogP contribution in [0, 0.1) is 0 Å². The van der Waals surface area contributed by atoms with Crippen molar-refractivity contribution in [1.29, 1.82) is 0 Å². The maximum absolute atomic E-state index is 3.80. The standard InChI is InChI=1S/C40H28BrN/c41-40-27-26-36(28-39(40)32-12-5-2-6-13-32)42(34-22-18-30(19-23-34)29-10-3-1-4-11-29)35-24-20-33(21-25-35)38-17-9-15-31-14-7-8-16-37(31)38/h1-28H. The van der Waals surface area contributed by atoms with Gasteiger partial charge in [0.25, 0.3) is 0 Å². The second-order valence-electron chi connectivity index (χ2n) is 10.4. The third-order valence-electron chi connectivity index (χ3n) is 7.75. The molecule has 7 aromatic carbocycles. The summed E-state index contributed by atoms with van der Waals surface area (Å²) in [5.41, 5.74) is 10.5. The van der Waals surface area contributed by atoms with Crippen molar-refractivity contribution >= 4 is 43.8 Å². The Morgan fingerprint density at radius 1 is 0.357 bits per heavy atom. The molecule has 0 radical (unpaired) electrons. The van der Waals surface area contributed by atoms with Crippen LogP contribution in [-0.4, -0.2) is 0 Å². The van der Waals surface area contributed by atoms with Crippen LogP contribution in [0.1, 0.15) is 0 Å². The molecule has 0 N–H and O–H groups in total. The van der Waals surface area contributed by atoms with Crippen molar-refractivity contribution in [3.05, 3.63) is 174 Å². The number of fused-ring (bicyclic) bond motifs is 1. The van der Waals surface area contributed by atoms with Gasteiger partial charge >= 0.3 is 0 Å². The molecule has 0 aliphatic rings. The molecule has 0 aliphatic carbocycles. The molecule has 0 bridgehead atoms. The number of halogens is 1. The van der Waals surface area contributed by atoms with Crippen molar-refractivity contribution in [3.8, 4) is 33.4 Å². The second kappa shape index (κ2) is 11.5. The van der Waals surface area contributed by atoms with E-state index in [1.807, 2.05) is 0 Å². The lowest BCUT2D eigenvalue weighted by Crippen LogP contribution is -2.10. The second-order valence-corrected chi connectivity index (χ2v) is 11.2. The Bertz CT molecular complexity index is 1960. The van der Waals surface area contributed by atoms with Crippen LogP contribution in [0.4, 0.5) is 17.1 Å². The van der Waals surface area contributed by atoms with Crippen molar-refractivity contribution < 1.29 is 0 Å². The first-order chi connectivity index (χ1) is 20.7. The maximum Gasteiger partial charge on any atom is 0.0468 e. The number of nitrogens with zero attached hydrogens (tertiary/aromatic N) is 1. The van der Waals surface area contributed by atoms with E-state index in [4.69, 9.17) is 0 Å². The molecule has 1 nitrogen and oxygen atoms in total. The van der Waals surface area contributed by atoms with Crippen LogP contribution >= 0.6 is 15.9 Å². The van der Waals surface area contributed by atoms with Gasteiger partial charge in [-0.3, -0.25) is 0 Å². The molecule has 0 unspecified atom stereocenters. The van der Waals surface area contributed by atoms with E-state index in [1.54, 1.807) is 0 Å². The predicted molar refractivity (Wildman–Crippen MR) is 183 cm³/mol. The van der Waals surface area contributed by atoms with E-state index in [-0.39, 0.29) is 0 Å². The van der Waals surface area contributed by atoms with Crippen molar-refractivity contribution in [2.45, 2.75) is 0 Å². The first kappa shape index (κ1) is 26.0. The first-order valence-corrected chi connectivity index (χ1v) is 14.9. The van der Waals surface area contributed by atoms with E-state index >= 15 is 0 Å². The summed E-state index contributed by atoms with van der Waals surface area (Å²) < 4.78 is 1.07. The van der Waals surface area contributed by atoms with Crippen molar-refractivity contribution in [3.63, 3.8) is 0 Å². The number of hydrogen-bond acceptors (Lipinski definition) is 1. The average molecular weight is 603 g/mol. The smallest absolute Gasteiger partial charge is 0.0468 e. The fraction of sp³-hybridized carbons (Fsp3) is 0. The van der Waals surface area contributed by atoms with Gasteiger partial charge in [0.1, 0.15) is 0 Å². The lowest BCUT2D eigenvalue weighted by molar-refractivity contribution is 1.28. The van der Waals surface area contributed by atoms with Crippen LogP contribution in [0.5, 0.6) is 0 Å². The molecule has 0 aromatic heterocycles. The number of benzene rings is 7. The highest BCUT2D eigenvalue weighted by Gasteiger charge is 2.16. The van der Waals surface area contributed by atoms with E-state index in [2.05, 4.69) is 191 Å². The van der Waals surface area contributed by atoms with Crippen LogP contribution in [0.2, 0.25) is 0 Å². The summed E-state index contributed by atoms with van der Waals surface area (Å²) in [6, 6.07) is 60.5. The summed E-state index contributed by atoms with van der Waals surface area (Å²) in [7, 11) is 0. The minimum absolute atomic E-state index is 1.07. The average Bonchev–Trinajstić information content (AvgIpc) is 3.07. The van der Waals surface area contributed by atoms with Gasteiger partial charge < -0.3 is 4.90 Å². The zero-order valence-corrected chi connectivity index (χ0v) is 24.6. The molecule has 0 fully saturated rings. The molecule has 0 heterocycles. The summed E-state index contributed by atoms with van der Waals surface area (Å²) in [5, 5.41) is 2.52. The van der Waals surface area contributed by atoms with Crippen molar-refractivity contribution in [2.75, 3.05) is 4.90 Å². The predicted octanol–water partition coefficient (Wildman–Crippen LogP) is 12.1. The molecule has 0 aliphatic heterocycles. The van der Waals surface area contributed by atoms with Gasteiger partial charge in [0.2, 0.25) is 0 Å². The van der Waals surface area contributed by atoms with Gasteiger partial charge in [-0.2, -0.15) is 0 Å². The summed E-state index contributed by atoms with van der Waals surface area (Å²) in [4.78, 5) is 2.33. The minimum atomic E-state index is 1.07. The van der Waals surface area contributed by atoms with Crippen LogP contribution in [0.25, 0.3) is 44.2 Å². The van der Waals surface area contributed by atoms with Gasteiger partial charge in [-0.15, -0.1) is 0 Å². The van der Waals surface area contributed by atoms with Crippen LogP contribution in [-0.2, 0) is 0 Å². The van der Waals surface area contributed by atoms with Crippen LogP contribution in [0.3, 0.4) is 0 Å². The zero-order valence-electron chi connectivity index (χ0n) is 23.0. The molecule has 0 saturated heterocycles. The molecule has 0 atom stereocenters.